The van der Waals surface area contributed by atoms with E-state index in [9.17, 15) is 18.0 Å². The standard InChI is InChI=1S/C32H34N4O6S/c1-41-26-15-12-24(13-16-26)35-43(39,40)30-22-25(14-17-28(30)36-18-6-3-7-19-36)33-31(37)27(21-23-9-4-2-5-10-23)34-32(38)29-11-8-20-42-29/h2,4-5,8-17,20,22,27,35H,3,6-7,18-19,21H2,1H3,(H,33,37)(H,34,38). The molecule has 0 spiro atoms. The Labute approximate surface area is 251 Å². The molecule has 5 rings (SSSR count). The molecule has 43 heavy (non-hydrogen) atoms. The van der Waals surface area contributed by atoms with Gasteiger partial charge in [-0.2, -0.15) is 0 Å². The highest BCUT2D eigenvalue weighted by molar-refractivity contribution is 7.92. The summed E-state index contributed by atoms with van der Waals surface area (Å²) in [6, 6.07) is 22.9. The fourth-order valence-electron chi connectivity index (χ4n) is 5.00. The topological polar surface area (TPSA) is 130 Å². The molecule has 1 aromatic heterocycles. The van der Waals surface area contributed by atoms with Gasteiger partial charge in [-0.15, -0.1) is 0 Å². The molecule has 0 radical (unpaired) electrons. The Hall–Kier alpha value is -4.77. The van der Waals surface area contributed by atoms with Crippen LogP contribution in [0.5, 0.6) is 5.75 Å². The summed E-state index contributed by atoms with van der Waals surface area (Å²) in [6.45, 7) is 1.46. The van der Waals surface area contributed by atoms with Crippen molar-refractivity contribution >= 4 is 38.9 Å². The number of carbonyl (C=O) groups is 2. The SMILES string of the molecule is COc1ccc(NS(=O)(=O)c2cc(NC(=O)C(Cc3ccccc3)NC(=O)c3ccco3)ccc2N2CCCCC2)cc1. The van der Waals surface area contributed by atoms with Crippen LogP contribution in [0.15, 0.2) is 101 Å². The second-order valence-corrected chi connectivity index (χ2v) is 11.9. The number of methoxy groups -OCH3 is 1. The fourth-order valence-corrected chi connectivity index (χ4v) is 6.31. The molecular formula is C32H34N4O6S. The molecule has 2 amide bonds. The lowest BCUT2D eigenvalue weighted by molar-refractivity contribution is -0.118. The molecule has 1 saturated heterocycles. The van der Waals surface area contributed by atoms with E-state index in [-0.39, 0.29) is 22.8 Å². The number of benzene rings is 3. The van der Waals surface area contributed by atoms with Gasteiger partial charge in [-0.05, 0) is 79.4 Å². The highest BCUT2D eigenvalue weighted by Gasteiger charge is 2.27. The number of nitrogens with zero attached hydrogens (tertiary/aromatic N) is 1. The van der Waals surface area contributed by atoms with Gasteiger partial charge in [0, 0.05) is 30.9 Å². The summed E-state index contributed by atoms with van der Waals surface area (Å²) in [4.78, 5) is 28.5. The van der Waals surface area contributed by atoms with Crippen LogP contribution in [0.25, 0.3) is 0 Å². The van der Waals surface area contributed by atoms with Crippen LogP contribution in [0.1, 0.15) is 35.4 Å². The molecular weight excluding hydrogens is 568 g/mol. The Morgan fingerprint density at radius 3 is 2.30 bits per heavy atom. The van der Waals surface area contributed by atoms with Gasteiger partial charge in [0.1, 0.15) is 16.7 Å². The number of furan rings is 1. The van der Waals surface area contributed by atoms with Crippen molar-refractivity contribution in [2.45, 2.75) is 36.6 Å². The maximum atomic E-state index is 13.8. The molecule has 10 nitrogen and oxygen atoms in total. The largest absolute Gasteiger partial charge is 0.497 e. The van der Waals surface area contributed by atoms with Gasteiger partial charge in [0.05, 0.1) is 19.1 Å². The first-order valence-electron chi connectivity index (χ1n) is 14.1. The van der Waals surface area contributed by atoms with Gasteiger partial charge in [0.2, 0.25) is 5.91 Å². The van der Waals surface area contributed by atoms with Gasteiger partial charge in [0.25, 0.3) is 15.9 Å². The first-order valence-corrected chi connectivity index (χ1v) is 15.6. The average molecular weight is 603 g/mol. The second kappa shape index (κ2) is 13.5. The first kappa shape index (κ1) is 29.7. The zero-order valence-corrected chi connectivity index (χ0v) is 24.6. The quantitative estimate of drug-likeness (QED) is 0.219. The number of hydrogen-bond acceptors (Lipinski definition) is 7. The average Bonchev–Trinajstić information content (AvgIpc) is 3.57. The smallest absolute Gasteiger partial charge is 0.287 e. The van der Waals surface area contributed by atoms with Crippen molar-refractivity contribution in [3.8, 4) is 5.75 Å². The Kier molecular flexibility index (Phi) is 9.31. The Morgan fingerprint density at radius 1 is 0.907 bits per heavy atom. The zero-order valence-electron chi connectivity index (χ0n) is 23.8. The normalized spacial score (nSPS) is 14.0. The molecule has 4 aromatic rings. The highest BCUT2D eigenvalue weighted by atomic mass is 32.2. The number of sulfonamides is 1. The minimum atomic E-state index is -4.05. The number of carbonyl (C=O) groups excluding carboxylic acids is 2. The van der Waals surface area contributed by atoms with E-state index in [4.69, 9.17) is 9.15 Å². The molecule has 0 aliphatic carbocycles. The van der Waals surface area contributed by atoms with Crippen LogP contribution in [0, 0.1) is 0 Å². The summed E-state index contributed by atoms with van der Waals surface area (Å²) in [5, 5.41) is 5.57. The summed E-state index contributed by atoms with van der Waals surface area (Å²) in [6.07, 6.45) is 4.60. The van der Waals surface area contributed by atoms with E-state index in [0.717, 1.165) is 37.9 Å². The first-order chi connectivity index (χ1) is 20.8. The van der Waals surface area contributed by atoms with Crippen LogP contribution in [0.2, 0.25) is 0 Å². The van der Waals surface area contributed by atoms with Gasteiger partial charge in [-0.3, -0.25) is 14.3 Å². The Balaban J connectivity index is 1.43. The lowest BCUT2D eigenvalue weighted by Crippen LogP contribution is -2.45. The summed E-state index contributed by atoms with van der Waals surface area (Å²) < 4.78 is 40.6. The molecule has 224 valence electrons. The number of nitrogens with one attached hydrogen (secondary N) is 3. The van der Waals surface area contributed by atoms with E-state index in [1.807, 2.05) is 30.3 Å². The molecule has 1 aliphatic rings. The summed E-state index contributed by atoms with van der Waals surface area (Å²) in [5.41, 5.74) is 2.06. The summed E-state index contributed by atoms with van der Waals surface area (Å²) >= 11 is 0. The Morgan fingerprint density at radius 2 is 1.63 bits per heavy atom. The summed E-state index contributed by atoms with van der Waals surface area (Å²) in [7, 11) is -2.52. The number of amides is 2. The molecule has 2 heterocycles. The minimum absolute atomic E-state index is 0.0437. The number of anilines is 3. The molecule has 0 bridgehead atoms. The van der Waals surface area contributed by atoms with Gasteiger partial charge in [0.15, 0.2) is 5.76 Å². The highest BCUT2D eigenvalue weighted by Crippen LogP contribution is 2.32. The molecule has 3 N–H and O–H groups in total. The van der Waals surface area contributed by atoms with E-state index in [1.165, 1.54) is 25.5 Å². The molecule has 1 aliphatic heterocycles. The molecule has 3 aromatic carbocycles. The number of piperidine rings is 1. The van der Waals surface area contributed by atoms with E-state index in [2.05, 4.69) is 20.3 Å². The zero-order chi connectivity index (χ0) is 30.2. The molecule has 11 heteroatoms. The summed E-state index contributed by atoms with van der Waals surface area (Å²) in [5.74, 6) is -0.352. The van der Waals surface area contributed by atoms with Crippen LogP contribution in [0.4, 0.5) is 17.1 Å². The number of ether oxygens (including phenoxy) is 1. The van der Waals surface area contributed by atoms with Crippen molar-refractivity contribution in [1.29, 1.82) is 0 Å². The van der Waals surface area contributed by atoms with Crippen LogP contribution in [-0.4, -0.2) is 46.5 Å². The van der Waals surface area contributed by atoms with E-state index >= 15 is 0 Å². The van der Waals surface area contributed by atoms with Crippen LogP contribution >= 0.6 is 0 Å². The number of rotatable bonds is 11. The third-order valence-corrected chi connectivity index (χ3v) is 8.62. The van der Waals surface area contributed by atoms with Crippen LogP contribution in [-0.2, 0) is 21.2 Å². The third kappa shape index (κ3) is 7.55. The van der Waals surface area contributed by atoms with Gasteiger partial charge in [-0.25, -0.2) is 8.42 Å². The van der Waals surface area contributed by atoms with Crippen molar-refractivity contribution in [2.24, 2.45) is 0 Å². The molecule has 1 atom stereocenters. The molecule has 1 fully saturated rings. The molecule has 1 unspecified atom stereocenters. The predicted molar refractivity (Wildman–Crippen MR) is 165 cm³/mol. The van der Waals surface area contributed by atoms with E-state index in [1.54, 1.807) is 42.5 Å². The van der Waals surface area contributed by atoms with Crippen molar-refractivity contribution in [1.82, 2.24) is 5.32 Å². The van der Waals surface area contributed by atoms with Crippen molar-refractivity contribution in [2.75, 3.05) is 35.1 Å². The third-order valence-electron chi connectivity index (χ3n) is 7.21. The second-order valence-electron chi connectivity index (χ2n) is 10.2. The van der Waals surface area contributed by atoms with Crippen LogP contribution < -0.4 is 25.0 Å². The Bertz CT molecular complexity index is 1640. The van der Waals surface area contributed by atoms with Gasteiger partial charge >= 0.3 is 0 Å². The van der Waals surface area contributed by atoms with Gasteiger partial charge in [-0.1, -0.05) is 30.3 Å². The number of hydrogen-bond donors (Lipinski definition) is 3. The maximum absolute atomic E-state index is 13.8. The monoisotopic (exact) mass is 602 g/mol. The van der Waals surface area contributed by atoms with E-state index in [0.29, 0.717) is 17.1 Å². The predicted octanol–water partition coefficient (Wildman–Crippen LogP) is 5.06. The maximum Gasteiger partial charge on any atom is 0.287 e. The van der Waals surface area contributed by atoms with E-state index < -0.39 is 27.9 Å². The lowest BCUT2D eigenvalue weighted by Gasteiger charge is -2.30. The molecule has 0 saturated carbocycles. The van der Waals surface area contributed by atoms with Crippen molar-refractivity contribution in [3.63, 3.8) is 0 Å². The minimum Gasteiger partial charge on any atom is -0.497 e. The lowest BCUT2D eigenvalue weighted by atomic mass is 10.0. The van der Waals surface area contributed by atoms with Crippen LogP contribution in [0.3, 0.4) is 0 Å². The van der Waals surface area contributed by atoms with Gasteiger partial charge < -0.3 is 24.7 Å². The fraction of sp³-hybridized carbons (Fsp3) is 0.250. The van der Waals surface area contributed by atoms with Crippen molar-refractivity contribution in [3.05, 3.63) is 103 Å². The van der Waals surface area contributed by atoms with Crippen molar-refractivity contribution < 1.29 is 27.2 Å².